The van der Waals surface area contributed by atoms with Crippen LogP contribution in [0, 0.1) is 5.92 Å². The third-order valence-electron chi connectivity index (χ3n) is 6.12. The minimum atomic E-state index is 0.229. The van der Waals surface area contributed by atoms with Crippen molar-refractivity contribution in [3.05, 3.63) is 35.4 Å². The predicted molar refractivity (Wildman–Crippen MR) is 125 cm³/mol. The maximum atomic E-state index is 12.6. The third kappa shape index (κ3) is 6.94. The number of nitrogens with zero attached hydrogens (tertiary/aromatic N) is 3. The van der Waals surface area contributed by atoms with Gasteiger partial charge in [-0.25, -0.2) is 0 Å². The highest BCUT2D eigenvalue weighted by molar-refractivity contribution is 5.80. The summed E-state index contributed by atoms with van der Waals surface area (Å²) < 4.78 is 5.50. The van der Waals surface area contributed by atoms with Crippen LogP contribution in [0.15, 0.2) is 29.3 Å². The Hall–Kier alpha value is -2.12. The van der Waals surface area contributed by atoms with Gasteiger partial charge in [0.25, 0.3) is 0 Å². The highest BCUT2D eigenvalue weighted by atomic mass is 16.5. The summed E-state index contributed by atoms with van der Waals surface area (Å²) in [5.74, 6) is 1.60. The Morgan fingerprint density at radius 3 is 2.42 bits per heavy atom. The van der Waals surface area contributed by atoms with Crippen molar-refractivity contribution in [2.45, 2.75) is 52.7 Å². The number of carbonyl (C=O) groups excluding carboxylic acids is 1. The van der Waals surface area contributed by atoms with Crippen molar-refractivity contribution in [1.82, 2.24) is 20.4 Å². The number of hydrogen-bond donors (Lipinski definition) is 2. The van der Waals surface area contributed by atoms with Gasteiger partial charge in [0, 0.05) is 51.7 Å². The second kappa shape index (κ2) is 12.1. The van der Waals surface area contributed by atoms with Gasteiger partial charge >= 0.3 is 0 Å². The van der Waals surface area contributed by atoms with E-state index >= 15 is 0 Å². The topological polar surface area (TPSA) is 69.2 Å². The SMILES string of the molecule is CCNC(=NCC(C(C)C)N1CCOCC1)NCCCC(=O)N1Cc2ccccc2C1. The normalized spacial score (nSPS) is 18.2. The molecule has 2 heterocycles. The number of aliphatic imine (C=N–C) groups is 1. The number of carbonyl (C=O) groups is 1. The first-order valence-electron chi connectivity index (χ1n) is 11.8. The average Bonchev–Trinajstić information content (AvgIpc) is 3.21. The summed E-state index contributed by atoms with van der Waals surface area (Å²) in [6, 6.07) is 8.73. The van der Waals surface area contributed by atoms with E-state index in [9.17, 15) is 4.79 Å². The molecule has 2 aliphatic rings. The summed E-state index contributed by atoms with van der Waals surface area (Å²) in [4.78, 5) is 21.9. The number of amides is 1. The lowest BCUT2D eigenvalue weighted by atomic mass is 10.0. The van der Waals surface area contributed by atoms with Gasteiger partial charge < -0.3 is 20.3 Å². The van der Waals surface area contributed by atoms with Crippen molar-refractivity contribution in [2.24, 2.45) is 10.9 Å². The maximum absolute atomic E-state index is 12.6. The number of hydrogen-bond acceptors (Lipinski definition) is 4. The van der Waals surface area contributed by atoms with Crippen LogP contribution >= 0.6 is 0 Å². The van der Waals surface area contributed by atoms with Crippen LogP contribution in [0.3, 0.4) is 0 Å². The third-order valence-corrected chi connectivity index (χ3v) is 6.12. The van der Waals surface area contributed by atoms with Gasteiger partial charge in [0.1, 0.15) is 0 Å². The van der Waals surface area contributed by atoms with Gasteiger partial charge in [-0.2, -0.15) is 0 Å². The molecule has 31 heavy (non-hydrogen) atoms. The summed E-state index contributed by atoms with van der Waals surface area (Å²) in [7, 11) is 0. The fourth-order valence-electron chi connectivity index (χ4n) is 4.30. The minimum Gasteiger partial charge on any atom is -0.379 e. The molecule has 0 aromatic heterocycles. The van der Waals surface area contributed by atoms with Gasteiger partial charge in [0.2, 0.25) is 5.91 Å². The predicted octanol–water partition coefficient (Wildman–Crippen LogP) is 2.22. The average molecular weight is 430 g/mol. The Kier molecular flexibility index (Phi) is 9.15. The molecule has 172 valence electrons. The molecular weight excluding hydrogens is 390 g/mol. The molecule has 2 N–H and O–H groups in total. The summed E-state index contributed by atoms with van der Waals surface area (Å²) in [5, 5.41) is 6.74. The smallest absolute Gasteiger partial charge is 0.223 e. The van der Waals surface area contributed by atoms with Crippen LogP contribution in [-0.4, -0.2) is 73.6 Å². The van der Waals surface area contributed by atoms with E-state index in [0.29, 0.717) is 18.4 Å². The molecule has 0 aliphatic carbocycles. The first-order valence-corrected chi connectivity index (χ1v) is 11.8. The lowest BCUT2D eigenvalue weighted by molar-refractivity contribution is -0.131. The molecule has 0 saturated carbocycles. The van der Waals surface area contributed by atoms with Crippen molar-refractivity contribution < 1.29 is 9.53 Å². The van der Waals surface area contributed by atoms with E-state index in [-0.39, 0.29) is 5.91 Å². The molecule has 1 amide bonds. The second-order valence-corrected chi connectivity index (χ2v) is 8.73. The first-order chi connectivity index (χ1) is 15.1. The number of rotatable bonds is 9. The Morgan fingerprint density at radius 2 is 1.81 bits per heavy atom. The lowest BCUT2D eigenvalue weighted by Crippen LogP contribution is -2.48. The van der Waals surface area contributed by atoms with E-state index in [1.54, 1.807) is 0 Å². The molecule has 3 rings (SSSR count). The van der Waals surface area contributed by atoms with Crippen LogP contribution in [0.1, 0.15) is 44.7 Å². The van der Waals surface area contributed by atoms with E-state index in [1.165, 1.54) is 11.1 Å². The van der Waals surface area contributed by atoms with E-state index in [1.807, 2.05) is 17.0 Å². The molecule has 1 aromatic rings. The van der Waals surface area contributed by atoms with Crippen LogP contribution in [0.2, 0.25) is 0 Å². The van der Waals surface area contributed by atoms with Gasteiger partial charge in [-0.05, 0) is 30.4 Å². The van der Waals surface area contributed by atoms with Crippen LogP contribution in [0.25, 0.3) is 0 Å². The van der Waals surface area contributed by atoms with Crippen molar-refractivity contribution in [3.8, 4) is 0 Å². The van der Waals surface area contributed by atoms with Gasteiger partial charge in [0.05, 0.1) is 19.8 Å². The molecule has 1 unspecified atom stereocenters. The number of benzene rings is 1. The minimum absolute atomic E-state index is 0.229. The van der Waals surface area contributed by atoms with Gasteiger partial charge in [0.15, 0.2) is 5.96 Å². The zero-order valence-corrected chi connectivity index (χ0v) is 19.4. The summed E-state index contributed by atoms with van der Waals surface area (Å²) in [6.45, 7) is 14.0. The first kappa shape index (κ1) is 23.5. The van der Waals surface area contributed by atoms with Crippen molar-refractivity contribution >= 4 is 11.9 Å². The lowest BCUT2D eigenvalue weighted by Gasteiger charge is -2.36. The molecule has 0 bridgehead atoms. The zero-order valence-electron chi connectivity index (χ0n) is 19.4. The molecule has 7 nitrogen and oxygen atoms in total. The van der Waals surface area contributed by atoms with Crippen LogP contribution in [0.4, 0.5) is 0 Å². The molecule has 1 atom stereocenters. The number of fused-ring (bicyclic) bond motifs is 1. The maximum Gasteiger partial charge on any atom is 0.223 e. The van der Waals surface area contributed by atoms with E-state index in [4.69, 9.17) is 9.73 Å². The summed E-state index contributed by atoms with van der Waals surface area (Å²) in [5.41, 5.74) is 2.55. The number of guanidine groups is 1. The molecule has 0 radical (unpaired) electrons. The highest BCUT2D eigenvalue weighted by Gasteiger charge is 2.24. The van der Waals surface area contributed by atoms with Gasteiger partial charge in [-0.3, -0.25) is 14.7 Å². The van der Waals surface area contributed by atoms with Crippen molar-refractivity contribution in [2.75, 3.05) is 45.9 Å². The molecule has 7 heteroatoms. The van der Waals surface area contributed by atoms with E-state index in [0.717, 1.165) is 71.4 Å². The van der Waals surface area contributed by atoms with Gasteiger partial charge in [-0.1, -0.05) is 38.1 Å². The van der Waals surface area contributed by atoms with Crippen molar-refractivity contribution in [1.29, 1.82) is 0 Å². The van der Waals surface area contributed by atoms with E-state index in [2.05, 4.69) is 48.4 Å². The summed E-state index contributed by atoms with van der Waals surface area (Å²) >= 11 is 0. The number of nitrogens with one attached hydrogen (secondary N) is 2. The Bertz CT molecular complexity index is 705. The standard InChI is InChI=1S/C24H39N5O2/c1-4-25-24(27-16-22(19(2)3)28-12-14-31-15-13-28)26-11-7-10-23(30)29-17-20-8-5-6-9-21(20)18-29/h5-6,8-9,19,22H,4,7,10-18H2,1-3H3,(H2,25,26,27). The van der Waals surface area contributed by atoms with Crippen LogP contribution in [0.5, 0.6) is 0 Å². The number of ether oxygens (including phenoxy) is 1. The molecule has 1 saturated heterocycles. The number of morpholine rings is 1. The second-order valence-electron chi connectivity index (χ2n) is 8.73. The van der Waals surface area contributed by atoms with Gasteiger partial charge in [-0.15, -0.1) is 0 Å². The molecule has 1 aromatic carbocycles. The Balaban J connectivity index is 1.42. The monoisotopic (exact) mass is 429 g/mol. The fraction of sp³-hybridized carbons (Fsp3) is 0.667. The Labute approximate surface area is 187 Å². The molecule has 1 fully saturated rings. The zero-order chi connectivity index (χ0) is 22.1. The molecular formula is C24H39N5O2. The Morgan fingerprint density at radius 1 is 1.13 bits per heavy atom. The van der Waals surface area contributed by atoms with Crippen LogP contribution in [-0.2, 0) is 22.6 Å². The molecule has 2 aliphatic heterocycles. The summed E-state index contributed by atoms with van der Waals surface area (Å²) in [6.07, 6.45) is 1.36. The van der Waals surface area contributed by atoms with E-state index < -0.39 is 0 Å². The fourth-order valence-corrected chi connectivity index (χ4v) is 4.30. The highest BCUT2D eigenvalue weighted by Crippen LogP contribution is 2.22. The molecule has 0 spiro atoms. The largest absolute Gasteiger partial charge is 0.379 e. The van der Waals surface area contributed by atoms with Crippen molar-refractivity contribution in [3.63, 3.8) is 0 Å². The van der Waals surface area contributed by atoms with Crippen LogP contribution < -0.4 is 10.6 Å². The quantitative estimate of drug-likeness (QED) is 0.358.